The summed E-state index contributed by atoms with van der Waals surface area (Å²) in [5, 5.41) is 2.88. The predicted molar refractivity (Wildman–Crippen MR) is 79.3 cm³/mol. The van der Waals surface area contributed by atoms with Gasteiger partial charge in [0.2, 0.25) is 5.91 Å². The molecule has 0 spiro atoms. The molecule has 0 aliphatic rings. The van der Waals surface area contributed by atoms with Gasteiger partial charge in [-0.15, -0.1) is 0 Å². The lowest BCUT2D eigenvalue weighted by atomic mass is 10.1. The van der Waals surface area contributed by atoms with E-state index in [1.807, 2.05) is 31.2 Å². The predicted octanol–water partition coefficient (Wildman–Crippen LogP) is 2.28. The Kier molecular flexibility index (Phi) is 5.37. The van der Waals surface area contributed by atoms with Crippen molar-refractivity contribution < 1.29 is 13.9 Å². The maximum Gasteiger partial charge on any atom is 0.224 e. The van der Waals surface area contributed by atoms with E-state index in [1.54, 1.807) is 13.2 Å². The number of hydrogen-bond donors (Lipinski definition) is 1. The molecule has 1 aromatic carbocycles. The van der Waals surface area contributed by atoms with Gasteiger partial charge in [0.05, 0.1) is 18.7 Å². The van der Waals surface area contributed by atoms with Crippen LogP contribution in [0.5, 0.6) is 5.75 Å². The molecule has 1 N–H and O–H groups in total. The number of carbonyl (C=O) groups excluding carboxylic acids is 1. The third-order valence-electron chi connectivity index (χ3n) is 2.97. The Morgan fingerprint density at radius 3 is 2.71 bits per heavy atom. The number of aromatic nitrogens is 1. The number of carbonyl (C=O) groups is 1. The van der Waals surface area contributed by atoms with E-state index in [0.717, 1.165) is 17.0 Å². The maximum absolute atomic E-state index is 11.8. The van der Waals surface area contributed by atoms with E-state index in [0.29, 0.717) is 31.9 Å². The van der Waals surface area contributed by atoms with E-state index >= 15 is 0 Å². The molecule has 5 nitrogen and oxygen atoms in total. The van der Waals surface area contributed by atoms with Crippen LogP contribution in [-0.4, -0.2) is 24.0 Å². The summed E-state index contributed by atoms with van der Waals surface area (Å²) < 4.78 is 10.5. The smallest absolute Gasteiger partial charge is 0.224 e. The Morgan fingerprint density at radius 2 is 2.10 bits per heavy atom. The number of rotatable bonds is 7. The van der Waals surface area contributed by atoms with Crippen molar-refractivity contribution in [1.82, 2.24) is 10.3 Å². The van der Waals surface area contributed by atoms with Gasteiger partial charge in [0, 0.05) is 19.9 Å². The van der Waals surface area contributed by atoms with Crippen LogP contribution >= 0.6 is 0 Å². The lowest BCUT2D eigenvalue weighted by molar-refractivity contribution is -0.120. The normalized spacial score (nSPS) is 10.4. The molecule has 0 bridgehead atoms. The summed E-state index contributed by atoms with van der Waals surface area (Å²) in [6.45, 7) is 4.94. The molecule has 21 heavy (non-hydrogen) atoms. The largest absolute Gasteiger partial charge is 0.494 e. The topological polar surface area (TPSA) is 64.4 Å². The third-order valence-corrected chi connectivity index (χ3v) is 2.97. The van der Waals surface area contributed by atoms with Crippen molar-refractivity contribution in [2.45, 2.75) is 26.7 Å². The summed E-state index contributed by atoms with van der Waals surface area (Å²) in [5.41, 5.74) is 1.82. The molecule has 0 saturated carbocycles. The minimum absolute atomic E-state index is 0.000577. The fourth-order valence-corrected chi connectivity index (χ4v) is 1.97. The van der Waals surface area contributed by atoms with Crippen LogP contribution in [0.2, 0.25) is 0 Å². The van der Waals surface area contributed by atoms with E-state index in [2.05, 4.69) is 10.3 Å². The fraction of sp³-hybridized carbons (Fsp3) is 0.375. The second-order valence-corrected chi connectivity index (χ2v) is 4.71. The first kappa shape index (κ1) is 15.1. The van der Waals surface area contributed by atoms with Crippen LogP contribution in [0.15, 0.2) is 34.9 Å². The first-order valence-corrected chi connectivity index (χ1v) is 7.07. The molecule has 1 aromatic heterocycles. The van der Waals surface area contributed by atoms with Crippen LogP contribution in [0.1, 0.15) is 24.1 Å². The van der Waals surface area contributed by atoms with Gasteiger partial charge < -0.3 is 14.5 Å². The zero-order chi connectivity index (χ0) is 15.1. The SMILES string of the molecule is CCOc1ccc(CC(=O)NCCc2coc(C)n2)cc1. The number of nitrogens with one attached hydrogen (secondary N) is 1. The first-order valence-electron chi connectivity index (χ1n) is 7.07. The number of benzene rings is 1. The minimum Gasteiger partial charge on any atom is -0.494 e. The monoisotopic (exact) mass is 288 g/mol. The van der Waals surface area contributed by atoms with E-state index < -0.39 is 0 Å². The molecule has 0 saturated heterocycles. The lowest BCUT2D eigenvalue weighted by Crippen LogP contribution is -2.27. The highest BCUT2D eigenvalue weighted by Crippen LogP contribution is 2.12. The molecule has 0 aliphatic heterocycles. The van der Waals surface area contributed by atoms with Crippen molar-refractivity contribution in [3.05, 3.63) is 47.7 Å². The average Bonchev–Trinajstić information content (AvgIpc) is 2.87. The lowest BCUT2D eigenvalue weighted by Gasteiger charge is -2.06. The highest BCUT2D eigenvalue weighted by atomic mass is 16.5. The van der Waals surface area contributed by atoms with Crippen molar-refractivity contribution in [2.75, 3.05) is 13.2 Å². The van der Waals surface area contributed by atoms with E-state index in [9.17, 15) is 4.79 Å². The van der Waals surface area contributed by atoms with Crippen LogP contribution in [0.4, 0.5) is 0 Å². The first-order chi connectivity index (χ1) is 10.2. The Labute approximate surface area is 124 Å². The minimum atomic E-state index is -0.000577. The summed E-state index contributed by atoms with van der Waals surface area (Å²) in [6.07, 6.45) is 2.66. The number of ether oxygens (including phenoxy) is 1. The molecule has 1 amide bonds. The van der Waals surface area contributed by atoms with Gasteiger partial charge in [-0.2, -0.15) is 0 Å². The van der Waals surface area contributed by atoms with Crippen molar-refractivity contribution in [1.29, 1.82) is 0 Å². The molecular formula is C16H20N2O3. The molecule has 1 heterocycles. The quantitative estimate of drug-likeness (QED) is 0.849. The van der Waals surface area contributed by atoms with Gasteiger partial charge in [0.25, 0.3) is 0 Å². The van der Waals surface area contributed by atoms with Crippen molar-refractivity contribution in [3.63, 3.8) is 0 Å². The van der Waals surface area contributed by atoms with Crippen molar-refractivity contribution in [2.24, 2.45) is 0 Å². The number of nitrogens with zero attached hydrogens (tertiary/aromatic N) is 1. The van der Waals surface area contributed by atoms with Crippen LogP contribution < -0.4 is 10.1 Å². The highest BCUT2D eigenvalue weighted by Gasteiger charge is 2.05. The Morgan fingerprint density at radius 1 is 1.33 bits per heavy atom. The summed E-state index contributed by atoms with van der Waals surface area (Å²) in [4.78, 5) is 16.0. The molecule has 0 fully saturated rings. The third kappa shape index (κ3) is 4.95. The molecule has 2 rings (SSSR count). The molecule has 2 aromatic rings. The Balaban J connectivity index is 1.73. The zero-order valence-electron chi connectivity index (χ0n) is 12.4. The van der Waals surface area contributed by atoms with Gasteiger partial charge in [-0.3, -0.25) is 4.79 Å². The van der Waals surface area contributed by atoms with Crippen LogP contribution in [-0.2, 0) is 17.6 Å². The van der Waals surface area contributed by atoms with E-state index in [1.165, 1.54) is 0 Å². The van der Waals surface area contributed by atoms with Crippen LogP contribution in [0.3, 0.4) is 0 Å². The summed E-state index contributed by atoms with van der Waals surface area (Å²) in [6, 6.07) is 7.58. The second-order valence-electron chi connectivity index (χ2n) is 4.71. The van der Waals surface area contributed by atoms with Gasteiger partial charge in [-0.25, -0.2) is 4.98 Å². The molecule has 0 radical (unpaired) electrons. The second kappa shape index (κ2) is 7.47. The Hall–Kier alpha value is -2.30. The number of amides is 1. The Bertz CT molecular complexity index is 575. The molecule has 0 unspecified atom stereocenters. The molecule has 0 atom stereocenters. The summed E-state index contributed by atoms with van der Waals surface area (Å²) in [7, 11) is 0. The zero-order valence-corrected chi connectivity index (χ0v) is 12.4. The molecule has 0 aliphatic carbocycles. The van der Waals surface area contributed by atoms with Gasteiger partial charge >= 0.3 is 0 Å². The molecule has 5 heteroatoms. The van der Waals surface area contributed by atoms with Gasteiger partial charge in [-0.05, 0) is 24.6 Å². The van der Waals surface area contributed by atoms with E-state index in [4.69, 9.17) is 9.15 Å². The summed E-state index contributed by atoms with van der Waals surface area (Å²) in [5.74, 6) is 1.47. The van der Waals surface area contributed by atoms with Gasteiger partial charge in [0.15, 0.2) is 5.89 Å². The standard InChI is InChI=1S/C16H20N2O3/c1-3-20-15-6-4-13(5-7-15)10-16(19)17-9-8-14-11-21-12(2)18-14/h4-7,11H,3,8-10H2,1-2H3,(H,17,19). The maximum atomic E-state index is 11.8. The highest BCUT2D eigenvalue weighted by molar-refractivity contribution is 5.78. The van der Waals surface area contributed by atoms with Crippen LogP contribution in [0, 0.1) is 6.92 Å². The van der Waals surface area contributed by atoms with Crippen molar-refractivity contribution >= 4 is 5.91 Å². The fourth-order valence-electron chi connectivity index (χ4n) is 1.97. The van der Waals surface area contributed by atoms with Gasteiger partial charge in [0.1, 0.15) is 12.0 Å². The average molecular weight is 288 g/mol. The number of aryl methyl sites for hydroxylation is 1. The van der Waals surface area contributed by atoms with Crippen LogP contribution in [0.25, 0.3) is 0 Å². The molecule has 112 valence electrons. The number of oxazole rings is 1. The van der Waals surface area contributed by atoms with E-state index in [-0.39, 0.29) is 5.91 Å². The molecular weight excluding hydrogens is 268 g/mol. The summed E-state index contributed by atoms with van der Waals surface area (Å²) >= 11 is 0. The van der Waals surface area contributed by atoms with Gasteiger partial charge in [-0.1, -0.05) is 12.1 Å². The number of hydrogen-bond acceptors (Lipinski definition) is 4. The van der Waals surface area contributed by atoms with Crippen molar-refractivity contribution in [3.8, 4) is 5.75 Å².